The van der Waals surface area contributed by atoms with Crippen LogP contribution in [-0.2, 0) is 9.53 Å². The first-order valence-corrected chi connectivity index (χ1v) is 11.2. The molecule has 0 bridgehead atoms. The third-order valence-electron chi connectivity index (χ3n) is 6.45. The highest BCUT2D eigenvalue weighted by molar-refractivity contribution is 5.88. The Bertz CT molecular complexity index is 1070. The Hall–Kier alpha value is -2.92. The maximum atomic E-state index is 12.5. The first-order chi connectivity index (χ1) is 15.2. The monoisotopic (exact) mass is 416 g/mol. The maximum absolute atomic E-state index is 12.5. The fourth-order valence-electron chi connectivity index (χ4n) is 4.68. The third kappa shape index (κ3) is 4.15. The van der Waals surface area contributed by atoms with E-state index in [-0.39, 0.29) is 18.1 Å². The summed E-state index contributed by atoms with van der Waals surface area (Å²) < 4.78 is 11.8. The number of likely N-dealkylation sites (tertiary alicyclic amines) is 1. The molecular formula is C26H28N2O3. The molecule has 0 spiro atoms. The van der Waals surface area contributed by atoms with Gasteiger partial charge in [0.2, 0.25) is 0 Å². The van der Waals surface area contributed by atoms with Crippen LogP contribution in [0.4, 0.5) is 0 Å². The summed E-state index contributed by atoms with van der Waals surface area (Å²) in [5.41, 5.74) is 4.59. The summed E-state index contributed by atoms with van der Waals surface area (Å²) in [4.78, 5) is 19.0. The molecule has 0 N–H and O–H groups in total. The number of amides is 1. The molecular weight excluding hydrogens is 388 g/mol. The molecule has 1 aromatic heterocycles. The maximum Gasteiger partial charge on any atom is 0.251 e. The highest BCUT2D eigenvalue weighted by Gasteiger charge is 2.31. The van der Waals surface area contributed by atoms with Crippen LogP contribution in [0.25, 0.3) is 22.0 Å². The predicted molar refractivity (Wildman–Crippen MR) is 121 cm³/mol. The highest BCUT2D eigenvalue weighted by atomic mass is 16.5. The zero-order valence-electron chi connectivity index (χ0n) is 17.9. The van der Waals surface area contributed by atoms with Gasteiger partial charge in [0, 0.05) is 44.1 Å². The Balaban J connectivity index is 1.21. The minimum Gasteiger partial charge on any atom is -0.490 e. The molecule has 5 rings (SSSR count). The van der Waals surface area contributed by atoms with E-state index in [9.17, 15) is 4.79 Å². The molecule has 1 unspecified atom stereocenters. The third-order valence-corrected chi connectivity index (χ3v) is 6.45. The fraction of sp³-hybridized carbons (Fsp3) is 0.385. The second-order valence-corrected chi connectivity index (χ2v) is 8.48. The molecule has 0 radical (unpaired) electrons. The van der Waals surface area contributed by atoms with E-state index in [0.29, 0.717) is 6.61 Å². The lowest BCUT2D eigenvalue weighted by Crippen LogP contribution is -2.45. The molecule has 2 aromatic carbocycles. The van der Waals surface area contributed by atoms with E-state index >= 15 is 0 Å². The average Bonchev–Trinajstić information content (AvgIpc) is 3.35. The molecule has 3 aromatic rings. The van der Waals surface area contributed by atoms with Crippen LogP contribution in [0.5, 0.6) is 5.75 Å². The van der Waals surface area contributed by atoms with E-state index in [1.807, 2.05) is 29.3 Å². The number of nitrogens with zero attached hydrogens (tertiary/aromatic N) is 2. The number of rotatable bonds is 4. The minimum atomic E-state index is -0.223. The Morgan fingerprint density at radius 3 is 2.61 bits per heavy atom. The van der Waals surface area contributed by atoms with Crippen molar-refractivity contribution in [2.75, 3.05) is 19.7 Å². The van der Waals surface area contributed by atoms with Crippen LogP contribution in [0.3, 0.4) is 0 Å². The van der Waals surface area contributed by atoms with Crippen LogP contribution in [0.15, 0.2) is 54.7 Å². The number of pyridine rings is 1. The summed E-state index contributed by atoms with van der Waals surface area (Å²) in [6.07, 6.45) is 5.32. The number of piperidine rings is 1. The van der Waals surface area contributed by atoms with Gasteiger partial charge in [-0.15, -0.1) is 0 Å². The molecule has 0 aliphatic carbocycles. The molecule has 1 amide bonds. The molecule has 2 saturated heterocycles. The number of carbonyl (C=O) groups is 1. The van der Waals surface area contributed by atoms with Gasteiger partial charge in [0.1, 0.15) is 18.0 Å². The van der Waals surface area contributed by atoms with Gasteiger partial charge >= 0.3 is 0 Å². The van der Waals surface area contributed by atoms with Crippen molar-refractivity contribution < 1.29 is 14.3 Å². The standard InChI is InChI=1S/C26H28N2O3/c1-18-23(11-8-20-4-2-14-27-25(18)20)19-6-9-21(10-7-19)31-22-12-15-28(16-13-22)26(29)24-5-3-17-30-24/h2,4,6-11,14,22,24H,3,5,12-13,15-17H2,1H3. The van der Waals surface area contributed by atoms with Crippen molar-refractivity contribution >= 4 is 16.8 Å². The van der Waals surface area contributed by atoms with E-state index in [4.69, 9.17) is 9.47 Å². The highest BCUT2D eigenvalue weighted by Crippen LogP contribution is 2.30. The van der Waals surface area contributed by atoms with Crippen LogP contribution < -0.4 is 4.74 Å². The van der Waals surface area contributed by atoms with Crippen molar-refractivity contribution in [2.45, 2.75) is 44.8 Å². The van der Waals surface area contributed by atoms with Crippen molar-refractivity contribution in [2.24, 2.45) is 0 Å². The summed E-state index contributed by atoms with van der Waals surface area (Å²) >= 11 is 0. The van der Waals surface area contributed by atoms with Gasteiger partial charge < -0.3 is 14.4 Å². The lowest BCUT2D eigenvalue weighted by molar-refractivity contribution is -0.142. The van der Waals surface area contributed by atoms with Gasteiger partial charge in [0.05, 0.1) is 5.52 Å². The SMILES string of the molecule is Cc1c(-c2ccc(OC3CCN(C(=O)C4CCCO4)CC3)cc2)ccc2cccnc12. The van der Waals surface area contributed by atoms with Crippen LogP contribution in [0.1, 0.15) is 31.2 Å². The molecule has 5 heteroatoms. The zero-order valence-corrected chi connectivity index (χ0v) is 17.9. The molecule has 1 atom stereocenters. The summed E-state index contributed by atoms with van der Waals surface area (Å²) in [7, 11) is 0. The van der Waals surface area contributed by atoms with Crippen molar-refractivity contribution in [3.05, 3.63) is 60.3 Å². The van der Waals surface area contributed by atoms with E-state index in [1.54, 1.807) is 0 Å². The number of aromatic nitrogens is 1. The number of benzene rings is 2. The minimum absolute atomic E-state index is 0.144. The molecule has 2 aliphatic rings. The molecule has 0 saturated carbocycles. The van der Waals surface area contributed by atoms with E-state index in [2.05, 4.69) is 42.2 Å². The van der Waals surface area contributed by atoms with E-state index < -0.39 is 0 Å². The van der Waals surface area contributed by atoms with Gasteiger partial charge in [0.25, 0.3) is 5.91 Å². The Morgan fingerprint density at radius 2 is 1.87 bits per heavy atom. The van der Waals surface area contributed by atoms with Gasteiger partial charge in [-0.2, -0.15) is 0 Å². The van der Waals surface area contributed by atoms with Crippen LogP contribution >= 0.6 is 0 Å². The number of aryl methyl sites for hydroxylation is 1. The van der Waals surface area contributed by atoms with Crippen molar-refractivity contribution in [3.63, 3.8) is 0 Å². The fourth-order valence-corrected chi connectivity index (χ4v) is 4.68. The summed E-state index contributed by atoms with van der Waals surface area (Å²) in [5.74, 6) is 1.03. The molecule has 31 heavy (non-hydrogen) atoms. The van der Waals surface area contributed by atoms with E-state index in [1.165, 1.54) is 11.1 Å². The second-order valence-electron chi connectivity index (χ2n) is 8.48. The number of carbonyl (C=O) groups excluding carboxylic acids is 1. The normalized spacial score (nSPS) is 19.6. The number of fused-ring (bicyclic) bond motifs is 1. The largest absolute Gasteiger partial charge is 0.490 e. The molecule has 5 nitrogen and oxygen atoms in total. The summed E-state index contributed by atoms with van der Waals surface area (Å²) in [6, 6.07) is 16.7. The number of ether oxygens (including phenoxy) is 2. The lowest BCUT2D eigenvalue weighted by atomic mass is 9.98. The van der Waals surface area contributed by atoms with Crippen molar-refractivity contribution in [1.82, 2.24) is 9.88 Å². The Labute approximate surface area is 183 Å². The van der Waals surface area contributed by atoms with Gasteiger partial charge in [-0.3, -0.25) is 9.78 Å². The zero-order chi connectivity index (χ0) is 21.2. The van der Waals surface area contributed by atoms with Gasteiger partial charge in [-0.05, 0) is 54.7 Å². The topological polar surface area (TPSA) is 51.7 Å². The van der Waals surface area contributed by atoms with Gasteiger partial charge in [-0.1, -0.05) is 30.3 Å². The quantitative estimate of drug-likeness (QED) is 0.615. The van der Waals surface area contributed by atoms with Crippen molar-refractivity contribution in [1.29, 1.82) is 0 Å². The summed E-state index contributed by atoms with van der Waals surface area (Å²) in [5, 5.41) is 1.16. The van der Waals surface area contributed by atoms with Crippen LogP contribution in [0, 0.1) is 6.92 Å². The molecule has 2 aliphatic heterocycles. The smallest absolute Gasteiger partial charge is 0.251 e. The van der Waals surface area contributed by atoms with Gasteiger partial charge in [-0.25, -0.2) is 0 Å². The first kappa shape index (κ1) is 20.0. The molecule has 160 valence electrons. The number of hydrogen-bond acceptors (Lipinski definition) is 4. The predicted octanol–water partition coefficient (Wildman–Crippen LogP) is 4.76. The first-order valence-electron chi connectivity index (χ1n) is 11.2. The van der Waals surface area contributed by atoms with Gasteiger partial charge in [0.15, 0.2) is 0 Å². The molecule has 2 fully saturated rings. The molecule has 3 heterocycles. The Kier molecular flexibility index (Phi) is 5.60. The van der Waals surface area contributed by atoms with Crippen molar-refractivity contribution in [3.8, 4) is 16.9 Å². The summed E-state index contributed by atoms with van der Waals surface area (Å²) in [6.45, 7) is 4.32. The van der Waals surface area contributed by atoms with Crippen LogP contribution in [-0.4, -0.2) is 47.7 Å². The lowest BCUT2D eigenvalue weighted by Gasteiger charge is -2.33. The van der Waals surface area contributed by atoms with Crippen LogP contribution in [0.2, 0.25) is 0 Å². The van der Waals surface area contributed by atoms with E-state index in [0.717, 1.165) is 61.0 Å². The average molecular weight is 417 g/mol. The second kappa shape index (κ2) is 8.67. The number of hydrogen-bond donors (Lipinski definition) is 0. The Morgan fingerprint density at radius 1 is 1.06 bits per heavy atom.